The molecule has 2 aliphatic rings. The number of nitrogens with one attached hydrogen (secondary N) is 1. The Balaban J connectivity index is 2.37. The van der Waals surface area contributed by atoms with Crippen LogP contribution in [0.2, 0.25) is 0 Å². The molecule has 2 bridgehead atoms. The molecule has 2 heterocycles. The number of nitriles is 3. The third-order valence-corrected chi connectivity index (χ3v) is 5.71. The first kappa shape index (κ1) is 18.5. The van der Waals surface area contributed by atoms with Gasteiger partial charge in [0.25, 0.3) is 0 Å². The number of fused-ring (bicyclic) bond motifs is 2. The van der Waals surface area contributed by atoms with Crippen molar-refractivity contribution in [3.8, 4) is 29.7 Å². The molecule has 1 aromatic carbocycles. The molecule has 2 fully saturated rings. The van der Waals surface area contributed by atoms with Crippen molar-refractivity contribution < 1.29 is 18.9 Å². The molecule has 8 heteroatoms. The Morgan fingerprint density at radius 2 is 1.78 bits per heavy atom. The molecule has 0 unspecified atom stereocenters. The summed E-state index contributed by atoms with van der Waals surface area (Å²) in [7, 11) is 2.90. The van der Waals surface area contributed by atoms with Gasteiger partial charge in [0.1, 0.15) is 6.10 Å². The van der Waals surface area contributed by atoms with Crippen molar-refractivity contribution in [1.29, 1.82) is 21.2 Å². The summed E-state index contributed by atoms with van der Waals surface area (Å²) in [6.45, 7) is 3.25. The van der Waals surface area contributed by atoms with Crippen molar-refractivity contribution >= 4 is 5.90 Å². The van der Waals surface area contributed by atoms with E-state index in [9.17, 15) is 15.8 Å². The first-order valence-corrected chi connectivity index (χ1v) is 8.22. The Morgan fingerprint density at radius 3 is 2.30 bits per heavy atom. The second kappa shape index (κ2) is 5.87. The molecule has 27 heavy (non-hydrogen) atoms. The largest absolute Gasteiger partial charge is 0.493 e. The number of ether oxygens (including phenoxy) is 4. The van der Waals surface area contributed by atoms with Gasteiger partial charge < -0.3 is 18.9 Å². The van der Waals surface area contributed by atoms with Gasteiger partial charge in [-0.2, -0.15) is 15.8 Å². The molecule has 1 aromatic rings. The highest BCUT2D eigenvalue weighted by Crippen LogP contribution is 2.67. The van der Waals surface area contributed by atoms with Gasteiger partial charge in [0.05, 0.1) is 38.3 Å². The first-order chi connectivity index (χ1) is 12.8. The molecule has 2 saturated heterocycles. The summed E-state index contributed by atoms with van der Waals surface area (Å²) in [5.74, 6) is -1.82. The lowest BCUT2D eigenvalue weighted by Crippen LogP contribution is -2.57. The molecular weight excluding hydrogens is 348 g/mol. The van der Waals surface area contributed by atoms with Gasteiger partial charge in [-0.25, -0.2) is 0 Å². The number of hydrogen-bond donors (Lipinski definition) is 1. The summed E-state index contributed by atoms with van der Waals surface area (Å²) in [5, 5.41) is 38.5. The van der Waals surface area contributed by atoms with Crippen molar-refractivity contribution in [2.75, 3.05) is 14.2 Å². The summed E-state index contributed by atoms with van der Waals surface area (Å²) in [6, 6.07) is 11.0. The van der Waals surface area contributed by atoms with Crippen LogP contribution < -0.4 is 9.47 Å². The first-order valence-electron chi connectivity index (χ1n) is 8.22. The minimum atomic E-state index is -2.02. The molecular formula is C19H18N4O4. The average Bonchev–Trinajstić information content (AvgIpc) is 2.82. The summed E-state index contributed by atoms with van der Waals surface area (Å²) < 4.78 is 22.4. The van der Waals surface area contributed by atoms with Gasteiger partial charge >= 0.3 is 0 Å². The summed E-state index contributed by atoms with van der Waals surface area (Å²) in [4.78, 5) is 0. The number of para-hydroxylation sites is 1. The van der Waals surface area contributed by atoms with Gasteiger partial charge in [0.2, 0.25) is 17.1 Å². The van der Waals surface area contributed by atoms with Crippen LogP contribution in [-0.4, -0.2) is 25.9 Å². The van der Waals surface area contributed by atoms with Gasteiger partial charge in [0, 0.05) is 12.5 Å². The molecule has 0 saturated carbocycles. The van der Waals surface area contributed by atoms with Crippen LogP contribution in [0.15, 0.2) is 18.2 Å². The lowest BCUT2D eigenvalue weighted by atomic mass is 9.54. The average molecular weight is 366 g/mol. The van der Waals surface area contributed by atoms with Crippen LogP contribution in [0, 0.1) is 56.2 Å². The highest BCUT2D eigenvalue weighted by Gasteiger charge is 2.78. The third-order valence-electron chi connectivity index (χ3n) is 5.71. The van der Waals surface area contributed by atoms with Gasteiger partial charge in [-0.1, -0.05) is 19.1 Å². The van der Waals surface area contributed by atoms with Crippen molar-refractivity contribution in [1.82, 2.24) is 0 Å². The zero-order valence-corrected chi connectivity index (χ0v) is 15.4. The minimum Gasteiger partial charge on any atom is -0.493 e. The van der Waals surface area contributed by atoms with Crippen LogP contribution >= 0.6 is 0 Å². The van der Waals surface area contributed by atoms with E-state index in [0.717, 1.165) is 0 Å². The maximum Gasteiger partial charge on any atom is 0.214 e. The van der Waals surface area contributed by atoms with Crippen molar-refractivity contribution in [3.63, 3.8) is 0 Å². The Hall–Kier alpha value is -3.28. The molecule has 0 radical (unpaired) electrons. The highest BCUT2D eigenvalue weighted by atomic mass is 16.7. The SMILES string of the molecule is COc1cccc([C@@H]2O[C@@]3(C)OC(=N)[C@@](C#N)([C@@H]3C)C2(C#N)C#N)c1OC. The number of benzene rings is 1. The van der Waals surface area contributed by atoms with E-state index >= 15 is 0 Å². The van der Waals surface area contributed by atoms with Crippen LogP contribution in [0.5, 0.6) is 11.5 Å². The van der Waals surface area contributed by atoms with E-state index in [-0.39, 0.29) is 5.75 Å². The predicted molar refractivity (Wildman–Crippen MR) is 91.5 cm³/mol. The maximum atomic E-state index is 10.1. The molecule has 2 aliphatic heterocycles. The zero-order valence-electron chi connectivity index (χ0n) is 15.4. The molecule has 3 rings (SSSR count). The Labute approximate surface area is 156 Å². The number of methoxy groups -OCH3 is 2. The lowest BCUT2D eigenvalue weighted by Gasteiger charge is -2.47. The van der Waals surface area contributed by atoms with Gasteiger partial charge in [0.15, 0.2) is 16.9 Å². The van der Waals surface area contributed by atoms with Gasteiger partial charge in [-0.3, -0.25) is 5.41 Å². The standard InChI is InChI=1S/C19H18N4O4/c1-11-17(2)26-15(12-6-5-7-13(24-3)14(12)25-4)18(8-20,9-21)19(11,10-22)16(23)27-17/h5-7,11,15,23H,1-4H3/t11-,15+,17+,19-/m1/s1. The summed E-state index contributed by atoms with van der Waals surface area (Å²) in [6.07, 6.45) is -1.19. The highest BCUT2D eigenvalue weighted by molar-refractivity contribution is 5.89. The third kappa shape index (κ3) is 1.95. The second-order valence-electron chi connectivity index (χ2n) is 6.70. The Kier molecular flexibility index (Phi) is 4.03. The number of nitrogens with zero attached hydrogens (tertiary/aromatic N) is 3. The monoisotopic (exact) mass is 366 g/mol. The number of hydrogen-bond acceptors (Lipinski definition) is 8. The topological polar surface area (TPSA) is 132 Å². The number of rotatable bonds is 3. The normalized spacial score (nSPS) is 33.1. The summed E-state index contributed by atoms with van der Waals surface area (Å²) in [5.41, 5.74) is -3.44. The van der Waals surface area contributed by atoms with E-state index in [1.165, 1.54) is 14.2 Å². The molecule has 0 spiro atoms. The Bertz CT molecular complexity index is 926. The maximum absolute atomic E-state index is 10.1. The second-order valence-corrected chi connectivity index (χ2v) is 6.70. The predicted octanol–water partition coefficient (Wildman–Crippen LogP) is 2.68. The van der Waals surface area contributed by atoms with Crippen molar-refractivity contribution in [3.05, 3.63) is 23.8 Å². The van der Waals surface area contributed by atoms with Gasteiger partial charge in [-0.15, -0.1) is 0 Å². The zero-order chi connectivity index (χ0) is 20.0. The fraction of sp³-hybridized carbons (Fsp3) is 0.474. The van der Waals surface area contributed by atoms with Crippen LogP contribution in [0.4, 0.5) is 0 Å². The van der Waals surface area contributed by atoms with Crippen LogP contribution in [-0.2, 0) is 9.47 Å². The Morgan fingerprint density at radius 1 is 1.11 bits per heavy atom. The van der Waals surface area contributed by atoms with Crippen LogP contribution in [0.3, 0.4) is 0 Å². The lowest BCUT2D eigenvalue weighted by molar-refractivity contribution is -0.269. The van der Waals surface area contributed by atoms with Crippen molar-refractivity contribution in [2.24, 2.45) is 16.7 Å². The molecule has 8 nitrogen and oxygen atoms in total. The molecule has 0 aromatic heterocycles. The minimum absolute atomic E-state index is 0.289. The fourth-order valence-electron chi connectivity index (χ4n) is 4.11. The van der Waals surface area contributed by atoms with E-state index in [0.29, 0.717) is 11.3 Å². The quantitative estimate of drug-likeness (QED) is 0.869. The molecule has 0 aliphatic carbocycles. The summed E-state index contributed by atoms with van der Waals surface area (Å²) >= 11 is 0. The van der Waals surface area contributed by atoms with Gasteiger partial charge in [-0.05, 0) is 6.07 Å². The van der Waals surface area contributed by atoms with Crippen LogP contribution in [0.1, 0.15) is 25.5 Å². The fourth-order valence-corrected chi connectivity index (χ4v) is 4.11. The van der Waals surface area contributed by atoms with Crippen LogP contribution in [0.25, 0.3) is 0 Å². The molecule has 138 valence electrons. The smallest absolute Gasteiger partial charge is 0.214 e. The van der Waals surface area contributed by atoms with E-state index in [2.05, 4.69) is 0 Å². The van der Waals surface area contributed by atoms with E-state index in [1.54, 1.807) is 32.0 Å². The molecule has 0 amide bonds. The van der Waals surface area contributed by atoms with Crippen molar-refractivity contribution in [2.45, 2.75) is 25.7 Å². The van der Waals surface area contributed by atoms with E-state index in [4.69, 9.17) is 24.4 Å². The van der Waals surface area contributed by atoms with E-state index in [1.807, 2.05) is 18.2 Å². The molecule has 4 atom stereocenters. The van der Waals surface area contributed by atoms with E-state index < -0.39 is 34.5 Å². The molecule has 1 N–H and O–H groups in total.